The van der Waals surface area contributed by atoms with Gasteiger partial charge in [-0.25, -0.2) is 0 Å². The number of carbonyl (C=O) groups is 1. The number of benzene rings is 1. The lowest BCUT2D eigenvalue weighted by Gasteiger charge is -2.05. The van der Waals surface area contributed by atoms with Gasteiger partial charge in [0.25, 0.3) is 0 Å². The molecule has 3 nitrogen and oxygen atoms in total. The van der Waals surface area contributed by atoms with Gasteiger partial charge in [0.05, 0.1) is 0 Å². The fraction of sp³-hybridized carbons (Fsp3) is 0.364. The van der Waals surface area contributed by atoms with Gasteiger partial charge < -0.3 is 10.8 Å². The van der Waals surface area contributed by atoms with Gasteiger partial charge in [0.1, 0.15) is 6.04 Å². The van der Waals surface area contributed by atoms with Crippen LogP contribution in [0, 0.1) is 0 Å². The molecule has 0 unspecified atom stereocenters. The zero-order valence-electron chi connectivity index (χ0n) is 8.43. The molecule has 1 atom stereocenters. The second-order valence-corrected chi connectivity index (χ2v) is 4.38. The maximum Gasteiger partial charge on any atom is 0.320 e. The molecule has 0 radical (unpaired) electrons. The van der Waals surface area contributed by atoms with E-state index in [4.69, 9.17) is 10.8 Å². The summed E-state index contributed by atoms with van der Waals surface area (Å²) in [6.45, 7) is 0. The molecular formula is C11H15NO2S. The minimum Gasteiger partial charge on any atom is -0.480 e. The highest BCUT2D eigenvalue weighted by molar-refractivity contribution is 7.98. The van der Waals surface area contributed by atoms with E-state index >= 15 is 0 Å². The third-order valence-electron chi connectivity index (χ3n) is 2.00. The quantitative estimate of drug-likeness (QED) is 0.724. The van der Waals surface area contributed by atoms with Crippen LogP contribution in [0.15, 0.2) is 30.3 Å². The highest BCUT2D eigenvalue weighted by Crippen LogP contribution is 2.13. The van der Waals surface area contributed by atoms with E-state index < -0.39 is 12.0 Å². The van der Waals surface area contributed by atoms with E-state index in [0.29, 0.717) is 6.42 Å². The Morgan fingerprint density at radius 3 is 2.67 bits per heavy atom. The van der Waals surface area contributed by atoms with Gasteiger partial charge in [0.15, 0.2) is 0 Å². The number of hydrogen-bond acceptors (Lipinski definition) is 3. The first-order valence-electron chi connectivity index (χ1n) is 4.80. The number of aliphatic carboxylic acids is 1. The zero-order valence-corrected chi connectivity index (χ0v) is 9.24. The van der Waals surface area contributed by atoms with Crippen molar-refractivity contribution in [1.29, 1.82) is 0 Å². The summed E-state index contributed by atoms with van der Waals surface area (Å²) >= 11 is 1.71. The second-order valence-electron chi connectivity index (χ2n) is 3.27. The lowest BCUT2D eigenvalue weighted by Crippen LogP contribution is -2.30. The van der Waals surface area contributed by atoms with Crippen LogP contribution in [0.1, 0.15) is 12.0 Å². The van der Waals surface area contributed by atoms with Crippen LogP contribution in [-0.2, 0) is 10.5 Å². The Hall–Kier alpha value is -1.00. The molecular weight excluding hydrogens is 210 g/mol. The Morgan fingerprint density at radius 1 is 1.40 bits per heavy atom. The lowest BCUT2D eigenvalue weighted by molar-refractivity contribution is -0.138. The second kappa shape index (κ2) is 6.48. The molecule has 0 aliphatic heterocycles. The third-order valence-corrected chi connectivity index (χ3v) is 3.06. The minimum atomic E-state index is -0.921. The minimum absolute atomic E-state index is 0.521. The van der Waals surface area contributed by atoms with Crippen LogP contribution in [0.5, 0.6) is 0 Å². The molecule has 1 rings (SSSR count). The molecule has 3 N–H and O–H groups in total. The van der Waals surface area contributed by atoms with Crippen LogP contribution in [0.4, 0.5) is 0 Å². The Kier molecular flexibility index (Phi) is 5.21. The summed E-state index contributed by atoms with van der Waals surface area (Å²) in [5.41, 5.74) is 6.64. The zero-order chi connectivity index (χ0) is 11.1. The van der Waals surface area contributed by atoms with E-state index in [9.17, 15) is 4.79 Å². The van der Waals surface area contributed by atoms with Gasteiger partial charge in [-0.05, 0) is 17.7 Å². The largest absolute Gasteiger partial charge is 0.480 e. The van der Waals surface area contributed by atoms with Crippen molar-refractivity contribution in [3.05, 3.63) is 35.9 Å². The van der Waals surface area contributed by atoms with E-state index in [0.717, 1.165) is 11.5 Å². The SMILES string of the molecule is N[C@H](CCSCc1ccccc1)C(=O)O. The van der Waals surface area contributed by atoms with Crippen molar-refractivity contribution in [3.8, 4) is 0 Å². The van der Waals surface area contributed by atoms with Gasteiger partial charge in [-0.3, -0.25) is 4.79 Å². The third kappa shape index (κ3) is 4.85. The highest BCUT2D eigenvalue weighted by Gasteiger charge is 2.09. The van der Waals surface area contributed by atoms with Crippen molar-refractivity contribution >= 4 is 17.7 Å². The summed E-state index contributed by atoms with van der Waals surface area (Å²) in [6, 6.07) is 9.37. The van der Waals surface area contributed by atoms with Crippen molar-refractivity contribution in [2.45, 2.75) is 18.2 Å². The van der Waals surface area contributed by atoms with Crippen molar-refractivity contribution in [3.63, 3.8) is 0 Å². The standard InChI is InChI=1S/C11H15NO2S/c12-10(11(13)14)6-7-15-8-9-4-2-1-3-5-9/h1-5,10H,6-8,12H2,(H,13,14)/t10-/m1/s1. The molecule has 82 valence electrons. The van der Waals surface area contributed by atoms with Gasteiger partial charge in [-0.15, -0.1) is 0 Å². The van der Waals surface area contributed by atoms with Gasteiger partial charge >= 0.3 is 5.97 Å². The van der Waals surface area contributed by atoms with E-state index in [1.807, 2.05) is 18.2 Å². The Bertz CT molecular complexity index is 303. The van der Waals surface area contributed by atoms with E-state index in [1.54, 1.807) is 11.8 Å². The van der Waals surface area contributed by atoms with Crippen molar-refractivity contribution < 1.29 is 9.90 Å². The fourth-order valence-electron chi connectivity index (χ4n) is 1.10. The van der Waals surface area contributed by atoms with Crippen molar-refractivity contribution in [2.24, 2.45) is 5.73 Å². The topological polar surface area (TPSA) is 63.3 Å². The molecule has 1 aromatic rings. The summed E-state index contributed by atoms with van der Waals surface area (Å²) in [6.07, 6.45) is 0.521. The molecule has 0 aromatic heterocycles. The average molecular weight is 225 g/mol. The molecule has 4 heteroatoms. The van der Waals surface area contributed by atoms with Crippen LogP contribution in [-0.4, -0.2) is 22.9 Å². The monoisotopic (exact) mass is 225 g/mol. The number of hydrogen-bond donors (Lipinski definition) is 2. The normalized spacial score (nSPS) is 12.3. The molecule has 0 aliphatic rings. The fourth-order valence-corrected chi connectivity index (χ4v) is 2.09. The van der Waals surface area contributed by atoms with Gasteiger partial charge in [0.2, 0.25) is 0 Å². The first-order chi connectivity index (χ1) is 7.20. The predicted octanol–water partition coefficient (Wildman–Crippen LogP) is 1.72. The molecule has 0 amide bonds. The average Bonchev–Trinajstić information content (AvgIpc) is 2.25. The summed E-state index contributed by atoms with van der Waals surface area (Å²) in [5, 5.41) is 8.56. The van der Waals surface area contributed by atoms with Crippen LogP contribution < -0.4 is 5.73 Å². The highest BCUT2D eigenvalue weighted by atomic mass is 32.2. The van der Waals surface area contributed by atoms with Crippen LogP contribution in [0.3, 0.4) is 0 Å². The van der Waals surface area contributed by atoms with Crippen molar-refractivity contribution in [1.82, 2.24) is 0 Å². The number of nitrogens with two attached hydrogens (primary N) is 1. The smallest absolute Gasteiger partial charge is 0.320 e. The predicted molar refractivity (Wildman–Crippen MR) is 62.8 cm³/mol. The Labute approximate surface area is 93.7 Å². The number of thioether (sulfide) groups is 1. The van der Waals surface area contributed by atoms with Gasteiger partial charge in [-0.2, -0.15) is 11.8 Å². The molecule has 15 heavy (non-hydrogen) atoms. The molecule has 0 spiro atoms. The van der Waals surface area contributed by atoms with Crippen molar-refractivity contribution in [2.75, 3.05) is 5.75 Å². The van der Waals surface area contributed by atoms with Crippen LogP contribution in [0.25, 0.3) is 0 Å². The maximum atomic E-state index is 10.4. The first kappa shape index (κ1) is 12.1. The molecule has 0 bridgehead atoms. The Morgan fingerprint density at radius 2 is 2.07 bits per heavy atom. The molecule has 0 aliphatic carbocycles. The lowest BCUT2D eigenvalue weighted by atomic mass is 10.2. The molecule has 0 saturated carbocycles. The summed E-state index contributed by atoms with van der Waals surface area (Å²) in [5.74, 6) is 0.769. The molecule has 0 saturated heterocycles. The summed E-state index contributed by atoms with van der Waals surface area (Å²) in [7, 11) is 0. The Balaban J connectivity index is 2.15. The first-order valence-corrected chi connectivity index (χ1v) is 5.95. The maximum absolute atomic E-state index is 10.4. The molecule has 0 fully saturated rings. The molecule has 1 aromatic carbocycles. The van der Waals surface area contributed by atoms with E-state index in [1.165, 1.54) is 5.56 Å². The van der Waals surface area contributed by atoms with E-state index in [2.05, 4.69) is 12.1 Å². The van der Waals surface area contributed by atoms with Gasteiger partial charge in [-0.1, -0.05) is 30.3 Å². The van der Waals surface area contributed by atoms with E-state index in [-0.39, 0.29) is 0 Å². The summed E-state index contributed by atoms with van der Waals surface area (Å²) < 4.78 is 0. The van der Waals surface area contributed by atoms with Crippen LogP contribution >= 0.6 is 11.8 Å². The summed E-state index contributed by atoms with van der Waals surface area (Å²) in [4.78, 5) is 10.4. The number of carboxylic acid groups (broad SMARTS) is 1. The number of rotatable bonds is 6. The van der Waals surface area contributed by atoms with Gasteiger partial charge in [0, 0.05) is 5.75 Å². The number of carboxylic acids is 1. The van der Waals surface area contributed by atoms with Crippen LogP contribution in [0.2, 0.25) is 0 Å². The molecule has 0 heterocycles.